The van der Waals surface area contributed by atoms with Crippen LogP contribution in [0.15, 0.2) is 82.8 Å². The minimum Gasteiger partial charge on any atom is -0.493 e. The third kappa shape index (κ3) is 4.23. The highest BCUT2D eigenvalue weighted by Gasteiger charge is 2.05. The maximum absolute atomic E-state index is 5.94. The first-order valence-electron chi connectivity index (χ1n) is 9.01. The predicted octanol–water partition coefficient (Wildman–Crippen LogP) is 5.35. The van der Waals surface area contributed by atoms with Crippen LogP contribution in [0.5, 0.6) is 11.5 Å². The van der Waals surface area contributed by atoms with Crippen LogP contribution < -0.4 is 9.47 Å². The Balaban J connectivity index is 1.74. The lowest BCUT2D eigenvalue weighted by Crippen LogP contribution is -2.07. The number of aliphatic imine (C=N–C) groups is 2. The molecule has 0 aliphatic carbocycles. The summed E-state index contributed by atoms with van der Waals surface area (Å²) < 4.78 is 11.9. The molecule has 0 aromatic heterocycles. The van der Waals surface area contributed by atoms with E-state index in [1.165, 1.54) is 0 Å². The van der Waals surface area contributed by atoms with Crippen molar-refractivity contribution in [3.05, 3.63) is 83.9 Å². The van der Waals surface area contributed by atoms with E-state index in [-0.39, 0.29) is 0 Å². The van der Waals surface area contributed by atoms with Crippen LogP contribution in [-0.2, 0) is 0 Å². The molecular weight excluding hydrogens is 336 g/mol. The number of rotatable bonds is 0. The van der Waals surface area contributed by atoms with Crippen molar-refractivity contribution in [1.29, 1.82) is 0 Å². The minimum absolute atomic E-state index is 0.581. The molecule has 0 saturated carbocycles. The van der Waals surface area contributed by atoms with Crippen molar-refractivity contribution in [1.82, 2.24) is 0 Å². The van der Waals surface area contributed by atoms with Gasteiger partial charge in [-0.15, -0.1) is 0 Å². The van der Waals surface area contributed by atoms with E-state index < -0.39 is 0 Å². The fourth-order valence-electron chi connectivity index (χ4n) is 2.82. The molecule has 0 amide bonds. The van der Waals surface area contributed by atoms with Gasteiger partial charge < -0.3 is 9.47 Å². The minimum atomic E-state index is 0.581. The van der Waals surface area contributed by atoms with Gasteiger partial charge in [-0.3, -0.25) is 9.98 Å². The second-order valence-electron chi connectivity index (χ2n) is 6.13. The third-order valence-electron chi connectivity index (χ3n) is 4.21. The Morgan fingerprint density at radius 3 is 1.52 bits per heavy atom. The molecule has 0 N–H and O–H groups in total. The lowest BCUT2D eigenvalue weighted by atomic mass is 10.2. The monoisotopic (exact) mass is 356 g/mol. The summed E-state index contributed by atoms with van der Waals surface area (Å²) in [6.45, 7) is 1.16. The van der Waals surface area contributed by atoms with E-state index in [9.17, 15) is 0 Å². The maximum atomic E-state index is 5.94. The van der Waals surface area contributed by atoms with Crippen LogP contribution in [0.2, 0.25) is 0 Å². The van der Waals surface area contributed by atoms with E-state index in [4.69, 9.17) is 9.47 Å². The van der Waals surface area contributed by atoms with Gasteiger partial charge in [0.1, 0.15) is 11.5 Å². The molecule has 0 spiro atoms. The molecule has 4 rings (SSSR count). The molecule has 134 valence electrons. The van der Waals surface area contributed by atoms with E-state index in [1.54, 1.807) is 0 Å². The van der Waals surface area contributed by atoms with Gasteiger partial charge in [0.2, 0.25) is 0 Å². The number of ether oxygens (including phenoxy) is 2. The molecule has 1 aliphatic heterocycles. The highest BCUT2D eigenvalue weighted by Crippen LogP contribution is 2.28. The zero-order valence-corrected chi connectivity index (χ0v) is 14.9. The molecule has 3 aromatic carbocycles. The largest absolute Gasteiger partial charge is 0.493 e. The van der Waals surface area contributed by atoms with Gasteiger partial charge >= 0.3 is 0 Å². The second kappa shape index (κ2) is 8.32. The summed E-state index contributed by atoms with van der Waals surface area (Å²) in [5, 5.41) is 0. The average Bonchev–Trinajstić information content (AvgIpc) is 2.72. The summed E-state index contributed by atoms with van der Waals surface area (Å²) in [4.78, 5) is 9.29. The zero-order valence-electron chi connectivity index (χ0n) is 14.9. The number of fused-ring (bicyclic) bond motifs is 3. The quantitative estimate of drug-likeness (QED) is 0.545. The number of benzene rings is 3. The van der Waals surface area contributed by atoms with Gasteiger partial charge in [-0.2, -0.15) is 0 Å². The van der Waals surface area contributed by atoms with Crippen molar-refractivity contribution in [3.63, 3.8) is 0 Å². The Bertz CT molecular complexity index is 901. The van der Waals surface area contributed by atoms with Crippen LogP contribution in [0.25, 0.3) is 0 Å². The van der Waals surface area contributed by atoms with Crippen molar-refractivity contribution in [2.24, 2.45) is 9.98 Å². The van der Waals surface area contributed by atoms with E-state index in [0.29, 0.717) is 13.2 Å². The lowest BCUT2D eigenvalue weighted by molar-refractivity contribution is 0.247. The summed E-state index contributed by atoms with van der Waals surface area (Å²) in [5.41, 5.74) is 3.49. The number of hydrogen-bond acceptors (Lipinski definition) is 4. The lowest BCUT2D eigenvalue weighted by Gasteiger charge is -2.11. The first-order chi connectivity index (χ1) is 13.4. The molecule has 3 aromatic rings. The SMILES string of the molecule is C1=Nc2ccccc2N=Cc2ccccc2OCCCOc2ccccc21. The van der Waals surface area contributed by atoms with Gasteiger partial charge in [0.25, 0.3) is 0 Å². The molecule has 0 bridgehead atoms. The summed E-state index contributed by atoms with van der Waals surface area (Å²) in [6, 6.07) is 23.6. The Morgan fingerprint density at radius 1 is 0.556 bits per heavy atom. The normalized spacial score (nSPS) is 13.8. The molecule has 0 radical (unpaired) electrons. The van der Waals surface area contributed by atoms with Crippen molar-refractivity contribution < 1.29 is 9.47 Å². The van der Waals surface area contributed by atoms with Crippen molar-refractivity contribution in [2.75, 3.05) is 13.2 Å². The van der Waals surface area contributed by atoms with Gasteiger partial charge in [-0.05, 0) is 36.4 Å². The van der Waals surface area contributed by atoms with Crippen LogP contribution in [0.1, 0.15) is 17.5 Å². The molecule has 0 fully saturated rings. The third-order valence-corrected chi connectivity index (χ3v) is 4.21. The van der Waals surface area contributed by atoms with Crippen LogP contribution in [-0.4, -0.2) is 25.6 Å². The van der Waals surface area contributed by atoms with Crippen molar-refractivity contribution in [3.8, 4) is 11.5 Å². The first kappa shape index (κ1) is 17.0. The second-order valence-corrected chi connectivity index (χ2v) is 6.13. The van der Waals surface area contributed by atoms with E-state index in [1.807, 2.05) is 85.2 Å². The van der Waals surface area contributed by atoms with Gasteiger partial charge in [0, 0.05) is 30.0 Å². The van der Waals surface area contributed by atoms with Crippen LogP contribution in [0.3, 0.4) is 0 Å². The smallest absolute Gasteiger partial charge is 0.128 e. The van der Waals surface area contributed by atoms with Gasteiger partial charge in [0.15, 0.2) is 0 Å². The van der Waals surface area contributed by atoms with Crippen LogP contribution in [0, 0.1) is 0 Å². The zero-order chi connectivity index (χ0) is 18.3. The van der Waals surface area contributed by atoms with E-state index in [2.05, 4.69) is 9.98 Å². The summed E-state index contributed by atoms with van der Waals surface area (Å²) in [7, 11) is 0. The molecule has 4 nitrogen and oxygen atoms in total. The molecule has 0 unspecified atom stereocenters. The van der Waals surface area contributed by atoms with E-state index >= 15 is 0 Å². The van der Waals surface area contributed by atoms with Gasteiger partial charge in [-0.1, -0.05) is 36.4 Å². The number of hydrogen-bond donors (Lipinski definition) is 0. The summed E-state index contributed by atoms with van der Waals surface area (Å²) in [5.74, 6) is 1.63. The number of para-hydroxylation sites is 4. The molecule has 27 heavy (non-hydrogen) atoms. The summed E-state index contributed by atoms with van der Waals surface area (Å²) in [6.07, 6.45) is 4.44. The summed E-state index contributed by atoms with van der Waals surface area (Å²) >= 11 is 0. The topological polar surface area (TPSA) is 43.2 Å². The fraction of sp³-hybridized carbons (Fsp3) is 0.130. The van der Waals surface area contributed by atoms with Gasteiger partial charge in [0.05, 0.1) is 24.6 Å². The van der Waals surface area contributed by atoms with Crippen LogP contribution in [0.4, 0.5) is 11.4 Å². The molecular formula is C23H20N2O2. The molecule has 1 aliphatic rings. The van der Waals surface area contributed by atoms with Crippen molar-refractivity contribution in [2.45, 2.75) is 6.42 Å². The van der Waals surface area contributed by atoms with E-state index in [0.717, 1.165) is 40.4 Å². The van der Waals surface area contributed by atoms with Crippen LogP contribution >= 0.6 is 0 Å². The highest BCUT2D eigenvalue weighted by atomic mass is 16.5. The highest BCUT2D eigenvalue weighted by molar-refractivity contribution is 5.89. The fourth-order valence-corrected chi connectivity index (χ4v) is 2.82. The van der Waals surface area contributed by atoms with Crippen molar-refractivity contribution >= 4 is 23.8 Å². The Hall–Kier alpha value is -3.40. The molecule has 0 saturated heterocycles. The Kier molecular flexibility index (Phi) is 5.25. The molecule has 1 heterocycles. The maximum Gasteiger partial charge on any atom is 0.128 e. The first-order valence-corrected chi connectivity index (χ1v) is 9.01. The molecule has 0 atom stereocenters. The Labute approximate surface area is 158 Å². The standard InChI is InChI=1S/C23H20N2O2/c1-5-12-22-18(8-1)16-24-20-10-3-4-11-21(20)25-17-19-9-2-6-13-23(19)27-15-7-14-26-22/h1-6,8-13,16-17H,7,14-15H2. The number of nitrogens with zero attached hydrogens (tertiary/aromatic N) is 2. The molecule has 4 heteroatoms. The average molecular weight is 356 g/mol. The predicted molar refractivity (Wildman–Crippen MR) is 109 cm³/mol. The van der Waals surface area contributed by atoms with Gasteiger partial charge in [-0.25, -0.2) is 0 Å². The Morgan fingerprint density at radius 2 is 1.00 bits per heavy atom.